The molecule has 4 rings (SSSR count). The zero-order valence-electron chi connectivity index (χ0n) is 15.0. The monoisotopic (exact) mass is 372 g/mol. The van der Waals surface area contributed by atoms with Crippen molar-refractivity contribution in [3.63, 3.8) is 0 Å². The summed E-state index contributed by atoms with van der Waals surface area (Å²) in [4.78, 5) is 29.6. The van der Waals surface area contributed by atoms with E-state index in [4.69, 9.17) is 0 Å². The van der Waals surface area contributed by atoms with Crippen molar-refractivity contribution < 1.29 is 0 Å². The van der Waals surface area contributed by atoms with Gasteiger partial charge in [-0.25, -0.2) is 14.5 Å². The van der Waals surface area contributed by atoms with Gasteiger partial charge in [-0.1, -0.05) is 60.7 Å². The van der Waals surface area contributed by atoms with Crippen molar-refractivity contribution in [1.82, 2.24) is 18.9 Å². The lowest BCUT2D eigenvalue weighted by Crippen LogP contribution is -2.37. The molecule has 28 heavy (non-hydrogen) atoms. The van der Waals surface area contributed by atoms with Gasteiger partial charge in [-0.05, 0) is 11.1 Å². The number of imidazole rings is 1. The van der Waals surface area contributed by atoms with Gasteiger partial charge < -0.3 is 0 Å². The van der Waals surface area contributed by atoms with Crippen LogP contribution < -0.4 is 11.2 Å². The molecule has 0 N–H and O–H groups in total. The fourth-order valence-corrected chi connectivity index (χ4v) is 2.71. The maximum atomic E-state index is 12.9. The Morgan fingerprint density at radius 1 is 0.857 bits per heavy atom. The number of hydrogen-bond acceptors (Lipinski definition) is 5. The predicted molar refractivity (Wildman–Crippen MR) is 108 cm³/mol. The largest absolute Gasteiger partial charge is 0.353 e. The van der Waals surface area contributed by atoms with E-state index in [1.165, 1.54) is 28.8 Å². The highest BCUT2D eigenvalue weighted by Gasteiger charge is 2.15. The third-order valence-corrected chi connectivity index (χ3v) is 4.16. The minimum absolute atomic E-state index is 0.166. The molecule has 0 fully saturated rings. The number of hydrogen-bond donors (Lipinski definition) is 0. The molecule has 0 amide bonds. The average molecular weight is 372 g/mol. The molecule has 0 unspecified atom stereocenters. The first-order valence-electron chi connectivity index (χ1n) is 8.53. The summed E-state index contributed by atoms with van der Waals surface area (Å²) in [6, 6.07) is 18.7. The van der Waals surface area contributed by atoms with Crippen molar-refractivity contribution in [3.8, 4) is 0 Å². The maximum absolute atomic E-state index is 12.9. The zero-order chi connectivity index (χ0) is 19.5. The van der Waals surface area contributed by atoms with Crippen molar-refractivity contribution in [2.24, 2.45) is 17.3 Å². The smallest absolute Gasteiger partial charge is 0.278 e. The van der Waals surface area contributed by atoms with Gasteiger partial charge in [0.2, 0.25) is 0 Å². The number of benzene rings is 2. The normalized spacial score (nSPS) is 11.8. The van der Waals surface area contributed by atoms with Crippen LogP contribution in [0.1, 0.15) is 11.1 Å². The summed E-state index contributed by atoms with van der Waals surface area (Å²) in [6.45, 7) is 0. The second-order valence-corrected chi connectivity index (χ2v) is 6.03. The van der Waals surface area contributed by atoms with E-state index >= 15 is 0 Å². The highest BCUT2D eigenvalue weighted by molar-refractivity contribution is 5.81. The second kappa shape index (κ2) is 7.28. The number of aromatic nitrogens is 4. The van der Waals surface area contributed by atoms with Crippen LogP contribution in [0.5, 0.6) is 0 Å². The minimum Gasteiger partial charge on any atom is -0.278 e. The SMILES string of the molecule is Cn1c(=O)n(/N=C/c2ccccc2)c(=O)c2c1ncn2/N=C/c1ccccc1. The first-order chi connectivity index (χ1) is 13.6. The molecule has 8 nitrogen and oxygen atoms in total. The Kier molecular flexibility index (Phi) is 4.51. The van der Waals surface area contributed by atoms with Crippen molar-refractivity contribution in [2.75, 3.05) is 0 Å². The molecule has 0 spiro atoms. The molecule has 2 heterocycles. The Bertz CT molecular complexity index is 1300. The van der Waals surface area contributed by atoms with Gasteiger partial charge in [0.15, 0.2) is 11.2 Å². The van der Waals surface area contributed by atoms with E-state index in [2.05, 4.69) is 15.2 Å². The average Bonchev–Trinajstić information content (AvgIpc) is 3.16. The van der Waals surface area contributed by atoms with Crippen LogP contribution in [0.15, 0.2) is 86.8 Å². The zero-order valence-corrected chi connectivity index (χ0v) is 15.0. The highest BCUT2D eigenvalue weighted by atomic mass is 16.2. The number of nitrogens with zero attached hydrogens (tertiary/aromatic N) is 6. The Hall–Kier alpha value is -4.07. The molecule has 0 radical (unpaired) electrons. The van der Waals surface area contributed by atoms with E-state index in [0.717, 1.165) is 15.8 Å². The van der Waals surface area contributed by atoms with Gasteiger partial charge in [-0.2, -0.15) is 10.2 Å². The Labute approximate surface area is 159 Å². The fraction of sp³-hybridized carbons (Fsp3) is 0.0500. The van der Waals surface area contributed by atoms with Crippen LogP contribution >= 0.6 is 0 Å². The van der Waals surface area contributed by atoms with E-state index in [-0.39, 0.29) is 11.2 Å². The van der Waals surface area contributed by atoms with Gasteiger partial charge in [-0.3, -0.25) is 9.36 Å². The van der Waals surface area contributed by atoms with Crippen LogP contribution in [0.2, 0.25) is 0 Å². The summed E-state index contributed by atoms with van der Waals surface area (Å²) in [6.07, 6.45) is 4.47. The third kappa shape index (κ3) is 3.18. The summed E-state index contributed by atoms with van der Waals surface area (Å²) in [7, 11) is 1.54. The van der Waals surface area contributed by atoms with Gasteiger partial charge in [0.1, 0.15) is 6.33 Å². The molecular weight excluding hydrogens is 356 g/mol. The first kappa shape index (κ1) is 17.3. The molecule has 0 bridgehead atoms. The van der Waals surface area contributed by atoms with E-state index in [1.54, 1.807) is 6.21 Å². The molecule has 0 aliphatic heterocycles. The molecule has 138 valence electrons. The summed E-state index contributed by atoms with van der Waals surface area (Å²) in [5.41, 5.74) is 0.879. The molecule has 0 saturated heterocycles. The lowest BCUT2D eigenvalue weighted by atomic mass is 10.2. The van der Waals surface area contributed by atoms with Crippen LogP contribution in [-0.2, 0) is 7.05 Å². The number of fused-ring (bicyclic) bond motifs is 1. The van der Waals surface area contributed by atoms with Gasteiger partial charge >= 0.3 is 11.2 Å². The quantitative estimate of drug-likeness (QED) is 0.511. The predicted octanol–water partition coefficient (Wildman–Crippen LogP) is 1.66. The van der Waals surface area contributed by atoms with Gasteiger partial charge in [0, 0.05) is 7.05 Å². The van der Waals surface area contributed by atoms with E-state index < -0.39 is 11.2 Å². The molecule has 0 atom stereocenters. The minimum atomic E-state index is -0.590. The first-order valence-corrected chi connectivity index (χ1v) is 8.53. The lowest BCUT2D eigenvalue weighted by Gasteiger charge is -2.03. The number of rotatable bonds is 4. The van der Waals surface area contributed by atoms with Crippen LogP contribution in [0, 0.1) is 0 Å². The molecule has 2 aromatic carbocycles. The lowest BCUT2D eigenvalue weighted by molar-refractivity contribution is 0.692. The fourth-order valence-electron chi connectivity index (χ4n) is 2.71. The molecule has 8 heteroatoms. The van der Waals surface area contributed by atoms with Gasteiger partial charge in [0.05, 0.1) is 12.4 Å². The van der Waals surface area contributed by atoms with Crippen LogP contribution in [-0.4, -0.2) is 31.3 Å². The van der Waals surface area contributed by atoms with Crippen LogP contribution in [0.4, 0.5) is 0 Å². The Balaban J connectivity index is 1.84. The molecule has 2 aromatic heterocycles. The van der Waals surface area contributed by atoms with E-state index in [9.17, 15) is 9.59 Å². The maximum Gasteiger partial charge on any atom is 0.353 e. The van der Waals surface area contributed by atoms with Gasteiger partial charge in [-0.15, -0.1) is 4.68 Å². The van der Waals surface area contributed by atoms with Crippen molar-refractivity contribution >= 4 is 23.6 Å². The second-order valence-electron chi connectivity index (χ2n) is 6.03. The van der Waals surface area contributed by atoms with Crippen molar-refractivity contribution in [2.45, 2.75) is 0 Å². The van der Waals surface area contributed by atoms with E-state index in [1.807, 2.05) is 60.7 Å². The van der Waals surface area contributed by atoms with Crippen molar-refractivity contribution in [1.29, 1.82) is 0 Å². The summed E-state index contributed by atoms with van der Waals surface area (Å²) < 4.78 is 3.43. The molecule has 0 saturated carbocycles. The number of aryl methyl sites for hydroxylation is 1. The highest BCUT2D eigenvalue weighted by Crippen LogP contribution is 2.06. The topological polar surface area (TPSA) is 86.5 Å². The summed E-state index contributed by atoms with van der Waals surface area (Å²) in [5, 5.41) is 8.38. The Morgan fingerprint density at radius 3 is 2.04 bits per heavy atom. The van der Waals surface area contributed by atoms with E-state index in [0.29, 0.717) is 0 Å². The standard InChI is InChI=1S/C20H16N6O2/c1-24-18-17(25(14-21-18)22-12-15-8-4-2-5-9-15)19(27)26(20(24)28)23-13-16-10-6-3-7-11-16/h2-14H,1H3/b22-12+,23-13+. The van der Waals surface area contributed by atoms with Gasteiger partial charge in [0.25, 0.3) is 0 Å². The molecular formula is C20H16N6O2. The molecule has 4 aromatic rings. The molecule has 0 aliphatic rings. The Morgan fingerprint density at radius 2 is 1.43 bits per heavy atom. The summed E-state index contributed by atoms with van der Waals surface area (Å²) in [5.74, 6) is 0. The van der Waals surface area contributed by atoms with Crippen molar-refractivity contribution in [3.05, 3.63) is 99.0 Å². The molecule has 0 aliphatic carbocycles. The summed E-state index contributed by atoms with van der Waals surface area (Å²) >= 11 is 0. The van der Waals surface area contributed by atoms with Crippen LogP contribution in [0.3, 0.4) is 0 Å². The van der Waals surface area contributed by atoms with Crippen LogP contribution in [0.25, 0.3) is 11.2 Å². The third-order valence-electron chi connectivity index (χ3n) is 4.16.